The molecule has 36 heavy (non-hydrogen) atoms. The van der Waals surface area contributed by atoms with E-state index in [9.17, 15) is 33.9 Å². The first-order valence-corrected chi connectivity index (χ1v) is 12.3. The van der Waals surface area contributed by atoms with Gasteiger partial charge in [0.2, 0.25) is 29.5 Å². The fourth-order valence-corrected chi connectivity index (χ4v) is 3.56. The maximum atomic E-state index is 13.1. The van der Waals surface area contributed by atoms with Crippen LogP contribution in [0.15, 0.2) is 30.3 Å². The Bertz CT molecular complexity index is 946. The molecule has 1 aromatic rings. The van der Waals surface area contributed by atoms with Crippen molar-refractivity contribution in [3.8, 4) is 0 Å². The molecule has 0 aliphatic rings. The van der Waals surface area contributed by atoms with Gasteiger partial charge in [0.05, 0.1) is 18.9 Å². The Morgan fingerprint density at radius 3 is 1.86 bits per heavy atom. The van der Waals surface area contributed by atoms with Crippen molar-refractivity contribution in [1.82, 2.24) is 16.0 Å². The number of carbonyl (C=O) groups is 6. The number of carboxylic acids is 1. The number of thioether (sulfide) groups is 1. The van der Waals surface area contributed by atoms with E-state index in [-0.39, 0.29) is 6.42 Å². The maximum Gasteiger partial charge on any atom is 0.326 e. The van der Waals surface area contributed by atoms with Crippen LogP contribution in [0.1, 0.15) is 24.8 Å². The lowest BCUT2D eigenvalue weighted by atomic mass is 10.0. The summed E-state index contributed by atoms with van der Waals surface area (Å²) in [4.78, 5) is 72.4. The number of primary amides is 2. The van der Waals surface area contributed by atoms with Crippen molar-refractivity contribution in [1.29, 1.82) is 0 Å². The average Bonchev–Trinajstić information content (AvgIpc) is 2.80. The summed E-state index contributed by atoms with van der Waals surface area (Å²) in [6.45, 7) is 0. The lowest BCUT2D eigenvalue weighted by molar-refractivity contribution is -0.144. The van der Waals surface area contributed by atoms with Crippen molar-refractivity contribution in [2.24, 2.45) is 17.2 Å². The topological polar surface area (TPSA) is 237 Å². The summed E-state index contributed by atoms with van der Waals surface area (Å²) in [7, 11) is 0. The van der Waals surface area contributed by atoms with Crippen molar-refractivity contribution in [3.05, 3.63) is 35.9 Å². The fraction of sp³-hybridized carbons (Fsp3) is 0.455. The molecule has 0 aromatic heterocycles. The molecule has 14 heteroatoms. The number of aliphatic carboxylic acids is 1. The molecule has 0 saturated heterocycles. The molecule has 13 nitrogen and oxygen atoms in total. The van der Waals surface area contributed by atoms with Crippen LogP contribution in [-0.4, -0.2) is 76.8 Å². The second-order valence-corrected chi connectivity index (χ2v) is 8.93. The Morgan fingerprint density at radius 2 is 1.33 bits per heavy atom. The Hall–Kier alpha value is -3.65. The predicted molar refractivity (Wildman–Crippen MR) is 132 cm³/mol. The smallest absolute Gasteiger partial charge is 0.326 e. The van der Waals surface area contributed by atoms with E-state index >= 15 is 0 Å². The highest BCUT2D eigenvalue weighted by Crippen LogP contribution is 2.07. The van der Waals surface area contributed by atoms with Crippen LogP contribution in [0.5, 0.6) is 0 Å². The van der Waals surface area contributed by atoms with Gasteiger partial charge >= 0.3 is 5.97 Å². The minimum atomic E-state index is -1.68. The van der Waals surface area contributed by atoms with Crippen LogP contribution in [0, 0.1) is 0 Å². The summed E-state index contributed by atoms with van der Waals surface area (Å²) in [6.07, 6.45) is 0.894. The number of benzene rings is 1. The first-order chi connectivity index (χ1) is 16.9. The van der Waals surface area contributed by atoms with E-state index in [1.165, 1.54) is 11.8 Å². The zero-order valence-electron chi connectivity index (χ0n) is 19.8. The van der Waals surface area contributed by atoms with Gasteiger partial charge in [-0.3, -0.25) is 24.0 Å². The molecule has 1 aromatic carbocycles. The van der Waals surface area contributed by atoms with Gasteiger partial charge < -0.3 is 38.3 Å². The zero-order valence-corrected chi connectivity index (χ0v) is 20.6. The van der Waals surface area contributed by atoms with Crippen LogP contribution >= 0.6 is 11.8 Å². The van der Waals surface area contributed by atoms with Crippen LogP contribution in [-0.2, 0) is 35.2 Å². The molecule has 0 spiro atoms. The van der Waals surface area contributed by atoms with Gasteiger partial charge in [0.15, 0.2) is 0 Å². The highest BCUT2D eigenvalue weighted by atomic mass is 32.2. The molecule has 198 valence electrons. The molecule has 4 unspecified atom stereocenters. The van der Waals surface area contributed by atoms with E-state index in [4.69, 9.17) is 17.2 Å². The minimum absolute atomic E-state index is 0.0397. The number of hydrogen-bond donors (Lipinski definition) is 7. The summed E-state index contributed by atoms with van der Waals surface area (Å²) in [5.41, 5.74) is 16.8. The molecular weight excluding hydrogens is 492 g/mol. The summed E-state index contributed by atoms with van der Waals surface area (Å²) < 4.78 is 0. The van der Waals surface area contributed by atoms with Crippen molar-refractivity contribution >= 4 is 47.3 Å². The van der Waals surface area contributed by atoms with Gasteiger partial charge in [-0.25, -0.2) is 4.79 Å². The number of nitrogens with two attached hydrogens (primary N) is 3. The number of carbonyl (C=O) groups excluding carboxylic acids is 5. The largest absolute Gasteiger partial charge is 0.480 e. The second-order valence-electron chi connectivity index (χ2n) is 7.94. The molecule has 0 fully saturated rings. The minimum Gasteiger partial charge on any atom is -0.480 e. The number of amides is 5. The van der Waals surface area contributed by atoms with Gasteiger partial charge in [0.25, 0.3) is 0 Å². The number of carboxylic acid groups (broad SMARTS) is 1. The fourth-order valence-electron chi connectivity index (χ4n) is 3.07. The highest BCUT2D eigenvalue weighted by Gasteiger charge is 2.31. The average molecular weight is 525 g/mol. The lowest BCUT2D eigenvalue weighted by Crippen LogP contribution is -2.58. The van der Waals surface area contributed by atoms with Gasteiger partial charge in [0, 0.05) is 6.42 Å². The molecule has 10 N–H and O–H groups in total. The normalized spacial score (nSPS) is 13.9. The quantitative estimate of drug-likeness (QED) is 0.122. The van der Waals surface area contributed by atoms with Gasteiger partial charge in [-0.1, -0.05) is 30.3 Å². The molecule has 0 heterocycles. The Kier molecular flexibility index (Phi) is 13.0. The SMILES string of the molecule is CSCCC(N)C(=O)NC(Cc1ccccc1)C(=O)NC(CC(N)=O)C(=O)NC(CC(N)=O)C(=O)O. The van der Waals surface area contributed by atoms with Gasteiger partial charge in [-0.05, 0) is 24.0 Å². The first kappa shape index (κ1) is 30.4. The summed E-state index contributed by atoms with van der Waals surface area (Å²) in [6, 6.07) is 3.40. The van der Waals surface area contributed by atoms with E-state index in [0.29, 0.717) is 17.7 Å². The molecule has 5 amide bonds. The second kappa shape index (κ2) is 15.4. The molecule has 0 bridgehead atoms. The summed E-state index contributed by atoms with van der Waals surface area (Å²) >= 11 is 1.50. The third kappa shape index (κ3) is 11.2. The highest BCUT2D eigenvalue weighted by molar-refractivity contribution is 7.98. The maximum absolute atomic E-state index is 13.1. The Morgan fingerprint density at radius 1 is 0.833 bits per heavy atom. The van der Waals surface area contributed by atoms with Crippen molar-refractivity contribution in [3.63, 3.8) is 0 Å². The molecular formula is C22H32N6O7S. The van der Waals surface area contributed by atoms with Gasteiger partial charge in [-0.15, -0.1) is 0 Å². The monoisotopic (exact) mass is 524 g/mol. The lowest BCUT2D eigenvalue weighted by Gasteiger charge is -2.24. The van der Waals surface area contributed by atoms with Gasteiger partial charge in [0.1, 0.15) is 18.1 Å². The van der Waals surface area contributed by atoms with Crippen LogP contribution in [0.2, 0.25) is 0 Å². The summed E-state index contributed by atoms with van der Waals surface area (Å²) in [5.74, 6) is -5.34. The van der Waals surface area contributed by atoms with Crippen LogP contribution < -0.4 is 33.2 Å². The molecule has 0 aliphatic carbocycles. The van der Waals surface area contributed by atoms with Crippen LogP contribution in [0.25, 0.3) is 0 Å². The van der Waals surface area contributed by atoms with Crippen LogP contribution in [0.3, 0.4) is 0 Å². The molecule has 1 rings (SSSR count). The third-order valence-electron chi connectivity index (χ3n) is 4.94. The van der Waals surface area contributed by atoms with E-state index in [2.05, 4.69) is 16.0 Å². The van der Waals surface area contributed by atoms with Crippen molar-refractivity contribution < 1.29 is 33.9 Å². The third-order valence-corrected chi connectivity index (χ3v) is 5.59. The number of nitrogens with one attached hydrogen (secondary N) is 3. The molecule has 0 aliphatic heterocycles. The summed E-state index contributed by atoms with van der Waals surface area (Å²) in [5, 5.41) is 16.2. The van der Waals surface area contributed by atoms with Gasteiger partial charge in [-0.2, -0.15) is 11.8 Å². The van der Waals surface area contributed by atoms with Crippen molar-refractivity contribution in [2.75, 3.05) is 12.0 Å². The number of hydrogen-bond acceptors (Lipinski definition) is 8. The number of rotatable bonds is 16. The standard InChI is InChI=1S/C22H32N6O7S/c1-36-8-7-13(23)19(31)26-14(9-12-5-3-2-4-6-12)20(32)27-15(10-17(24)29)21(33)28-16(22(34)35)11-18(25)30/h2-6,13-16H,7-11,23H2,1H3,(H2,24,29)(H2,25,30)(H,26,31)(H,27,32)(H,28,33)(H,34,35). The predicted octanol–water partition coefficient (Wildman–Crippen LogP) is -2.40. The van der Waals surface area contributed by atoms with Crippen LogP contribution in [0.4, 0.5) is 0 Å². The van der Waals surface area contributed by atoms with Crippen molar-refractivity contribution in [2.45, 2.75) is 49.9 Å². The van der Waals surface area contributed by atoms with E-state index in [0.717, 1.165) is 0 Å². The molecule has 4 atom stereocenters. The zero-order chi connectivity index (χ0) is 27.3. The Labute approximate surface area is 212 Å². The molecule has 0 radical (unpaired) electrons. The molecule has 0 saturated carbocycles. The van der Waals surface area contributed by atoms with E-state index in [1.807, 2.05) is 6.26 Å². The van der Waals surface area contributed by atoms with E-state index < -0.39 is 72.5 Å². The van der Waals surface area contributed by atoms with E-state index in [1.54, 1.807) is 30.3 Å². The first-order valence-electron chi connectivity index (χ1n) is 10.9. The Balaban J connectivity index is 3.10.